The summed E-state index contributed by atoms with van der Waals surface area (Å²) in [6.45, 7) is 2.12. The third-order valence-electron chi connectivity index (χ3n) is 5.15. The zero-order valence-electron chi connectivity index (χ0n) is 16.3. The zero-order chi connectivity index (χ0) is 20.2. The normalized spacial score (nSPS) is 11.7. The summed E-state index contributed by atoms with van der Waals surface area (Å²) in [7, 11) is 1.90. The molecule has 0 fully saturated rings. The molecule has 5 aromatic heterocycles. The number of para-hydroxylation sites is 1. The average Bonchev–Trinajstić information content (AvgIpc) is 3.52. The van der Waals surface area contributed by atoms with Crippen LogP contribution in [0.1, 0.15) is 4.88 Å². The molecule has 5 heterocycles. The minimum absolute atomic E-state index is 0.702. The highest BCUT2D eigenvalue weighted by Crippen LogP contribution is 2.34. The Balaban J connectivity index is 1.52. The molecular weight excluding hydrogens is 394 g/mol. The van der Waals surface area contributed by atoms with E-state index in [-0.39, 0.29) is 0 Å². The molecule has 6 rings (SSSR count). The fourth-order valence-corrected chi connectivity index (χ4v) is 4.59. The number of fused-ring (bicyclic) bond motifs is 2. The highest BCUT2D eigenvalue weighted by molar-refractivity contribution is 7.15. The molecule has 1 aromatic carbocycles. The number of thiophene rings is 1. The van der Waals surface area contributed by atoms with Gasteiger partial charge in [0.15, 0.2) is 11.5 Å². The molecule has 146 valence electrons. The minimum Gasteiger partial charge on any atom is -0.336 e. The first-order chi connectivity index (χ1) is 14.7. The molecule has 0 saturated carbocycles. The summed E-state index contributed by atoms with van der Waals surface area (Å²) in [5, 5.41) is 11.8. The van der Waals surface area contributed by atoms with Gasteiger partial charge in [0.1, 0.15) is 5.52 Å². The van der Waals surface area contributed by atoms with Gasteiger partial charge in [0.2, 0.25) is 0 Å². The van der Waals surface area contributed by atoms with Crippen LogP contribution in [0.3, 0.4) is 0 Å². The fraction of sp³-hybridized carbons (Fsp3) is 0.0909. The van der Waals surface area contributed by atoms with Crippen molar-refractivity contribution >= 4 is 33.4 Å². The third kappa shape index (κ3) is 2.65. The molecule has 0 aliphatic carbocycles. The van der Waals surface area contributed by atoms with Gasteiger partial charge in [0.05, 0.1) is 28.4 Å². The van der Waals surface area contributed by atoms with Crippen molar-refractivity contribution in [1.82, 2.24) is 34.9 Å². The van der Waals surface area contributed by atoms with E-state index in [1.165, 1.54) is 9.75 Å². The van der Waals surface area contributed by atoms with Gasteiger partial charge >= 0.3 is 0 Å². The summed E-state index contributed by atoms with van der Waals surface area (Å²) in [6.07, 6.45) is 3.76. The number of aromatic nitrogens is 7. The fourth-order valence-electron chi connectivity index (χ4n) is 3.70. The molecule has 0 saturated heterocycles. The van der Waals surface area contributed by atoms with Crippen LogP contribution in [0.2, 0.25) is 0 Å². The number of benzene rings is 1. The minimum atomic E-state index is 0.702. The van der Waals surface area contributed by atoms with Gasteiger partial charge in [-0.05, 0) is 37.3 Å². The summed E-state index contributed by atoms with van der Waals surface area (Å²) in [6, 6.07) is 14.4. The standard InChI is InChI=1S/C22H17N7S/c1-12-6-9-18(30-12)14-4-3-5-16-19(14)26-22(25-16)21-20-17(27-28-21)8-7-15(24-20)13-10-23-29(2)11-13/h3-11H,1-2H3,(H,25,26)(H,27,28). The first kappa shape index (κ1) is 17.1. The Labute approximate surface area is 175 Å². The molecular formula is C22H17N7S. The Bertz CT molecular complexity index is 1530. The quantitative estimate of drug-likeness (QED) is 0.432. The number of nitrogens with zero attached hydrogens (tertiary/aromatic N) is 5. The lowest BCUT2D eigenvalue weighted by molar-refractivity contribution is 0.768. The van der Waals surface area contributed by atoms with E-state index in [1.54, 1.807) is 16.0 Å². The Kier molecular flexibility index (Phi) is 3.63. The highest BCUT2D eigenvalue weighted by atomic mass is 32.1. The molecule has 6 aromatic rings. The van der Waals surface area contributed by atoms with Gasteiger partial charge in [-0.1, -0.05) is 12.1 Å². The summed E-state index contributed by atoms with van der Waals surface area (Å²) >= 11 is 1.77. The first-order valence-electron chi connectivity index (χ1n) is 9.56. The van der Waals surface area contributed by atoms with Gasteiger partial charge in [0, 0.05) is 34.1 Å². The maximum absolute atomic E-state index is 4.91. The van der Waals surface area contributed by atoms with Crippen molar-refractivity contribution < 1.29 is 0 Å². The van der Waals surface area contributed by atoms with E-state index >= 15 is 0 Å². The predicted octanol–water partition coefficient (Wildman–Crippen LogP) is 4.94. The number of rotatable bonds is 3. The van der Waals surface area contributed by atoms with Crippen LogP contribution in [0.4, 0.5) is 0 Å². The summed E-state index contributed by atoms with van der Waals surface area (Å²) in [5.74, 6) is 0.702. The van der Waals surface area contributed by atoms with Crippen LogP contribution in [-0.4, -0.2) is 34.9 Å². The molecule has 0 aliphatic rings. The third-order valence-corrected chi connectivity index (χ3v) is 6.19. The SMILES string of the molecule is Cc1ccc(-c2cccc3[nH]c(-c4n[nH]c5ccc(-c6cnn(C)c6)nc45)nc23)s1. The van der Waals surface area contributed by atoms with Crippen molar-refractivity contribution in [3.8, 4) is 33.2 Å². The van der Waals surface area contributed by atoms with Crippen molar-refractivity contribution in [2.45, 2.75) is 6.92 Å². The van der Waals surface area contributed by atoms with Gasteiger partial charge in [-0.3, -0.25) is 9.78 Å². The summed E-state index contributed by atoms with van der Waals surface area (Å²) in [4.78, 5) is 15.7. The van der Waals surface area contributed by atoms with E-state index in [2.05, 4.69) is 51.5 Å². The number of aromatic amines is 2. The molecule has 8 heteroatoms. The van der Waals surface area contributed by atoms with Gasteiger partial charge in [-0.25, -0.2) is 9.97 Å². The topological polar surface area (TPSA) is 88.1 Å². The number of aryl methyl sites for hydroxylation is 2. The highest BCUT2D eigenvalue weighted by Gasteiger charge is 2.17. The van der Waals surface area contributed by atoms with Gasteiger partial charge in [0.25, 0.3) is 0 Å². The molecule has 2 N–H and O–H groups in total. The van der Waals surface area contributed by atoms with Crippen LogP contribution in [-0.2, 0) is 7.05 Å². The lowest BCUT2D eigenvalue weighted by Crippen LogP contribution is -1.87. The molecule has 0 amide bonds. The number of pyridine rings is 1. The number of H-pyrrole nitrogens is 2. The van der Waals surface area contributed by atoms with Crippen molar-refractivity contribution in [3.05, 3.63) is 59.7 Å². The second-order valence-corrected chi connectivity index (χ2v) is 8.55. The van der Waals surface area contributed by atoms with E-state index in [4.69, 9.17) is 9.97 Å². The van der Waals surface area contributed by atoms with Crippen LogP contribution < -0.4 is 0 Å². The Hall–Kier alpha value is -3.78. The van der Waals surface area contributed by atoms with Crippen LogP contribution >= 0.6 is 11.3 Å². The van der Waals surface area contributed by atoms with Crippen molar-refractivity contribution in [2.24, 2.45) is 7.05 Å². The predicted molar refractivity (Wildman–Crippen MR) is 119 cm³/mol. The molecule has 30 heavy (non-hydrogen) atoms. The molecule has 0 atom stereocenters. The van der Waals surface area contributed by atoms with E-state index in [0.717, 1.165) is 38.9 Å². The lowest BCUT2D eigenvalue weighted by atomic mass is 10.1. The van der Waals surface area contributed by atoms with Gasteiger partial charge in [-0.15, -0.1) is 11.3 Å². The molecule has 0 unspecified atom stereocenters. The average molecular weight is 411 g/mol. The van der Waals surface area contributed by atoms with E-state index in [0.29, 0.717) is 11.5 Å². The molecule has 0 radical (unpaired) electrons. The van der Waals surface area contributed by atoms with E-state index < -0.39 is 0 Å². The lowest BCUT2D eigenvalue weighted by Gasteiger charge is -1.98. The largest absolute Gasteiger partial charge is 0.336 e. The first-order valence-corrected chi connectivity index (χ1v) is 10.4. The van der Waals surface area contributed by atoms with E-state index in [1.807, 2.05) is 37.6 Å². The molecule has 0 spiro atoms. The monoisotopic (exact) mass is 411 g/mol. The maximum atomic E-state index is 4.91. The van der Waals surface area contributed by atoms with Gasteiger partial charge in [-0.2, -0.15) is 10.2 Å². The number of hydrogen-bond donors (Lipinski definition) is 2. The van der Waals surface area contributed by atoms with Crippen LogP contribution in [0, 0.1) is 6.92 Å². The van der Waals surface area contributed by atoms with E-state index in [9.17, 15) is 0 Å². The summed E-state index contributed by atoms with van der Waals surface area (Å²) < 4.78 is 1.77. The smallest absolute Gasteiger partial charge is 0.161 e. The summed E-state index contributed by atoms with van der Waals surface area (Å²) in [5.41, 5.74) is 7.21. The Morgan fingerprint density at radius 1 is 0.967 bits per heavy atom. The molecule has 7 nitrogen and oxygen atoms in total. The molecule has 0 bridgehead atoms. The van der Waals surface area contributed by atoms with Gasteiger partial charge < -0.3 is 4.98 Å². The Morgan fingerprint density at radius 2 is 1.90 bits per heavy atom. The Morgan fingerprint density at radius 3 is 2.70 bits per heavy atom. The maximum Gasteiger partial charge on any atom is 0.161 e. The van der Waals surface area contributed by atoms with Crippen LogP contribution in [0.15, 0.2) is 54.9 Å². The second kappa shape index (κ2) is 6.36. The van der Waals surface area contributed by atoms with Crippen molar-refractivity contribution in [3.63, 3.8) is 0 Å². The van der Waals surface area contributed by atoms with Crippen LogP contribution in [0.5, 0.6) is 0 Å². The number of hydrogen-bond acceptors (Lipinski definition) is 5. The van der Waals surface area contributed by atoms with Crippen LogP contribution in [0.25, 0.3) is 55.3 Å². The zero-order valence-corrected chi connectivity index (χ0v) is 17.2. The number of nitrogens with one attached hydrogen (secondary N) is 2. The molecule has 0 aliphatic heterocycles. The second-order valence-electron chi connectivity index (χ2n) is 7.26. The van der Waals surface area contributed by atoms with Crippen molar-refractivity contribution in [2.75, 3.05) is 0 Å². The van der Waals surface area contributed by atoms with Crippen molar-refractivity contribution in [1.29, 1.82) is 0 Å². The number of imidazole rings is 1.